The third kappa shape index (κ3) is 7.51. The second-order valence-corrected chi connectivity index (χ2v) is 8.07. The fourth-order valence-electron chi connectivity index (χ4n) is 3.43. The molecular weight excluding hydrogens is 334 g/mol. The lowest BCUT2D eigenvalue weighted by molar-refractivity contribution is 0.120. The van der Waals surface area contributed by atoms with E-state index in [4.69, 9.17) is 0 Å². The van der Waals surface area contributed by atoms with Gasteiger partial charge in [-0.15, -0.1) is 0 Å². The Labute approximate surface area is 166 Å². The van der Waals surface area contributed by atoms with Crippen LogP contribution in [0.1, 0.15) is 44.2 Å². The Hall–Kier alpha value is -1.59. The maximum Gasteiger partial charge on any atom is 0.191 e. The summed E-state index contributed by atoms with van der Waals surface area (Å²) in [5.74, 6) is 1.51. The molecule has 1 aliphatic heterocycles. The smallest absolute Gasteiger partial charge is 0.191 e. The van der Waals surface area contributed by atoms with Gasteiger partial charge in [0.15, 0.2) is 5.96 Å². The van der Waals surface area contributed by atoms with Crippen LogP contribution < -0.4 is 10.6 Å². The van der Waals surface area contributed by atoms with Crippen LogP contribution >= 0.6 is 0 Å². The topological polar surface area (TPSA) is 42.9 Å². The van der Waals surface area contributed by atoms with Gasteiger partial charge >= 0.3 is 0 Å². The monoisotopic (exact) mass is 373 g/mol. The molecule has 0 aliphatic carbocycles. The van der Waals surface area contributed by atoms with Crippen molar-refractivity contribution in [1.82, 2.24) is 20.4 Å². The van der Waals surface area contributed by atoms with Gasteiger partial charge in [0, 0.05) is 52.4 Å². The highest BCUT2D eigenvalue weighted by atomic mass is 15.3. The molecule has 1 aromatic carbocycles. The van der Waals surface area contributed by atoms with Crippen molar-refractivity contribution in [1.29, 1.82) is 0 Å². The summed E-state index contributed by atoms with van der Waals surface area (Å²) >= 11 is 0. The molecule has 27 heavy (non-hydrogen) atoms. The molecule has 1 fully saturated rings. The van der Waals surface area contributed by atoms with Gasteiger partial charge in [-0.2, -0.15) is 0 Å². The van der Waals surface area contributed by atoms with Crippen LogP contribution in [0.15, 0.2) is 29.3 Å². The fraction of sp³-hybridized carbons (Fsp3) is 0.682. The summed E-state index contributed by atoms with van der Waals surface area (Å²) in [4.78, 5) is 9.31. The van der Waals surface area contributed by atoms with Crippen LogP contribution in [0.25, 0.3) is 0 Å². The Morgan fingerprint density at radius 3 is 2.30 bits per heavy atom. The summed E-state index contributed by atoms with van der Waals surface area (Å²) in [6, 6.07) is 9.57. The average molecular weight is 374 g/mol. The normalized spacial score (nSPS) is 17.9. The van der Waals surface area contributed by atoms with Crippen LogP contribution in [-0.2, 0) is 6.42 Å². The molecule has 152 valence electrons. The van der Waals surface area contributed by atoms with E-state index in [1.807, 2.05) is 7.05 Å². The van der Waals surface area contributed by atoms with Gasteiger partial charge in [-0.3, -0.25) is 9.89 Å². The molecule has 0 spiro atoms. The van der Waals surface area contributed by atoms with Crippen LogP contribution in [0.3, 0.4) is 0 Å². The molecule has 0 bridgehead atoms. The molecule has 1 heterocycles. The van der Waals surface area contributed by atoms with Crippen LogP contribution in [0.2, 0.25) is 0 Å². The maximum atomic E-state index is 4.36. The molecule has 0 aromatic heterocycles. The molecule has 5 heteroatoms. The number of hydrogen-bond acceptors (Lipinski definition) is 3. The fourth-order valence-corrected chi connectivity index (χ4v) is 3.43. The Morgan fingerprint density at radius 1 is 1.04 bits per heavy atom. The lowest BCUT2D eigenvalue weighted by Crippen LogP contribution is -2.52. The van der Waals surface area contributed by atoms with E-state index in [2.05, 4.69) is 77.5 Å². The number of rotatable bonds is 8. The van der Waals surface area contributed by atoms with Crippen molar-refractivity contribution in [2.24, 2.45) is 4.99 Å². The minimum Gasteiger partial charge on any atom is -0.356 e. The van der Waals surface area contributed by atoms with Gasteiger partial charge in [0.05, 0.1) is 0 Å². The lowest BCUT2D eigenvalue weighted by Gasteiger charge is -2.36. The zero-order valence-electron chi connectivity index (χ0n) is 18.0. The van der Waals surface area contributed by atoms with Crippen LogP contribution in [-0.4, -0.2) is 75.2 Å². The largest absolute Gasteiger partial charge is 0.356 e. The van der Waals surface area contributed by atoms with E-state index in [0.717, 1.165) is 58.1 Å². The quantitative estimate of drug-likeness (QED) is 0.417. The Kier molecular flexibility index (Phi) is 9.08. The average Bonchev–Trinajstić information content (AvgIpc) is 2.68. The van der Waals surface area contributed by atoms with Gasteiger partial charge in [0.2, 0.25) is 0 Å². The van der Waals surface area contributed by atoms with Gasteiger partial charge in [-0.25, -0.2) is 0 Å². The predicted molar refractivity (Wildman–Crippen MR) is 117 cm³/mol. The number of guanidine groups is 1. The molecule has 5 nitrogen and oxygen atoms in total. The molecule has 1 atom stereocenters. The second-order valence-electron chi connectivity index (χ2n) is 8.07. The maximum absolute atomic E-state index is 4.36. The van der Waals surface area contributed by atoms with E-state index in [1.54, 1.807) is 0 Å². The van der Waals surface area contributed by atoms with E-state index in [0.29, 0.717) is 12.0 Å². The highest BCUT2D eigenvalue weighted by Gasteiger charge is 2.18. The summed E-state index contributed by atoms with van der Waals surface area (Å²) in [5.41, 5.74) is 2.82. The van der Waals surface area contributed by atoms with Gasteiger partial charge in [0.1, 0.15) is 0 Å². The number of hydrogen-bond donors (Lipinski definition) is 2. The minimum absolute atomic E-state index is 0.525. The van der Waals surface area contributed by atoms with E-state index in [1.165, 1.54) is 11.1 Å². The summed E-state index contributed by atoms with van der Waals surface area (Å²) in [7, 11) is 4.05. The SMILES string of the molecule is CN=C(NCCCc1ccc(C(C)C)cc1)NCC(C)N1CCN(C)CC1. The first-order valence-electron chi connectivity index (χ1n) is 10.5. The van der Waals surface area contributed by atoms with Crippen LogP contribution in [0.4, 0.5) is 0 Å². The predicted octanol–water partition coefficient (Wildman–Crippen LogP) is 2.54. The molecule has 1 unspecified atom stereocenters. The molecule has 0 amide bonds. The van der Waals surface area contributed by atoms with E-state index in [-0.39, 0.29) is 0 Å². The standard InChI is InChI=1S/C22H39N5/c1-18(2)21-10-8-20(9-11-21)7-6-12-24-22(23-4)25-17-19(3)27-15-13-26(5)14-16-27/h8-11,18-19H,6-7,12-17H2,1-5H3,(H2,23,24,25). The zero-order chi connectivity index (χ0) is 19.6. The Morgan fingerprint density at radius 2 is 1.70 bits per heavy atom. The van der Waals surface area contributed by atoms with E-state index < -0.39 is 0 Å². The first-order valence-corrected chi connectivity index (χ1v) is 10.5. The van der Waals surface area contributed by atoms with Crippen molar-refractivity contribution in [2.45, 2.75) is 45.6 Å². The Bertz CT molecular complexity index is 559. The van der Waals surface area contributed by atoms with E-state index >= 15 is 0 Å². The first kappa shape index (κ1) is 21.7. The highest BCUT2D eigenvalue weighted by Crippen LogP contribution is 2.15. The van der Waals surface area contributed by atoms with Gasteiger partial charge in [-0.05, 0) is 43.9 Å². The molecule has 1 aliphatic rings. The number of likely N-dealkylation sites (N-methyl/N-ethyl adjacent to an activating group) is 1. The Balaban J connectivity index is 1.63. The molecule has 2 rings (SSSR count). The summed E-state index contributed by atoms with van der Waals surface area (Å²) in [6.07, 6.45) is 2.20. The highest BCUT2D eigenvalue weighted by molar-refractivity contribution is 5.79. The van der Waals surface area contributed by atoms with Crippen molar-refractivity contribution in [3.8, 4) is 0 Å². The lowest BCUT2D eigenvalue weighted by atomic mass is 10.0. The van der Waals surface area contributed by atoms with Gasteiger partial charge in [-0.1, -0.05) is 38.1 Å². The molecule has 0 radical (unpaired) electrons. The number of piperazine rings is 1. The summed E-state index contributed by atoms with van der Waals surface area (Å²) in [6.45, 7) is 13.3. The third-order valence-electron chi connectivity index (χ3n) is 5.53. The molecular formula is C22H39N5. The van der Waals surface area contributed by atoms with Crippen LogP contribution in [0, 0.1) is 0 Å². The van der Waals surface area contributed by atoms with Crippen LogP contribution in [0.5, 0.6) is 0 Å². The van der Waals surface area contributed by atoms with Gasteiger partial charge in [0.25, 0.3) is 0 Å². The third-order valence-corrected chi connectivity index (χ3v) is 5.53. The molecule has 1 aromatic rings. The number of aliphatic imine (C=N–C) groups is 1. The van der Waals surface area contributed by atoms with Crippen molar-refractivity contribution < 1.29 is 0 Å². The molecule has 0 saturated carbocycles. The van der Waals surface area contributed by atoms with Gasteiger partial charge < -0.3 is 15.5 Å². The van der Waals surface area contributed by atoms with E-state index in [9.17, 15) is 0 Å². The second kappa shape index (κ2) is 11.3. The minimum atomic E-state index is 0.525. The number of nitrogens with one attached hydrogen (secondary N) is 2. The van der Waals surface area contributed by atoms with Crippen molar-refractivity contribution >= 4 is 5.96 Å². The van der Waals surface area contributed by atoms with Crippen molar-refractivity contribution in [3.05, 3.63) is 35.4 Å². The number of benzene rings is 1. The van der Waals surface area contributed by atoms with Crippen molar-refractivity contribution in [2.75, 3.05) is 53.4 Å². The number of aryl methyl sites for hydroxylation is 1. The van der Waals surface area contributed by atoms with Crippen molar-refractivity contribution in [3.63, 3.8) is 0 Å². The summed E-state index contributed by atoms with van der Waals surface area (Å²) in [5, 5.41) is 6.93. The molecule has 2 N–H and O–H groups in total. The summed E-state index contributed by atoms with van der Waals surface area (Å²) < 4.78 is 0. The molecule has 1 saturated heterocycles. The number of nitrogens with zero attached hydrogens (tertiary/aromatic N) is 3. The first-order chi connectivity index (χ1) is 13.0. The zero-order valence-corrected chi connectivity index (χ0v) is 18.0.